The highest BCUT2D eigenvalue weighted by atomic mass is 19.1. The maximum atomic E-state index is 13.5. The second-order valence-corrected chi connectivity index (χ2v) is 3.81. The second kappa shape index (κ2) is 5.59. The largest absolute Gasteiger partial charge is 0.397 e. The van der Waals surface area contributed by atoms with Crippen LogP contribution in [0.4, 0.5) is 15.8 Å². The SMILES string of the molecule is CCCCCN(C)c1c(N)cccc1F. The van der Waals surface area contributed by atoms with E-state index in [2.05, 4.69) is 6.92 Å². The summed E-state index contributed by atoms with van der Waals surface area (Å²) in [5.41, 5.74) is 6.78. The van der Waals surface area contributed by atoms with Gasteiger partial charge in [-0.3, -0.25) is 0 Å². The molecule has 1 rings (SSSR count). The Balaban J connectivity index is 2.68. The monoisotopic (exact) mass is 210 g/mol. The van der Waals surface area contributed by atoms with Crippen molar-refractivity contribution < 1.29 is 4.39 Å². The molecule has 0 atom stereocenters. The average molecular weight is 210 g/mol. The molecule has 0 aliphatic carbocycles. The first-order valence-electron chi connectivity index (χ1n) is 5.42. The van der Waals surface area contributed by atoms with Crippen molar-refractivity contribution in [2.45, 2.75) is 26.2 Å². The summed E-state index contributed by atoms with van der Waals surface area (Å²) in [5, 5.41) is 0. The zero-order chi connectivity index (χ0) is 11.3. The third-order valence-corrected chi connectivity index (χ3v) is 2.50. The van der Waals surface area contributed by atoms with E-state index in [0.717, 1.165) is 13.0 Å². The summed E-state index contributed by atoms with van der Waals surface area (Å²) >= 11 is 0. The molecule has 0 saturated carbocycles. The van der Waals surface area contributed by atoms with E-state index in [1.54, 1.807) is 12.1 Å². The number of nitrogens with zero attached hydrogens (tertiary/aromatic N) is 1. The van der Waals surface area contributed by atoms with Gasteiger partial charge in [0.05, 0.1) is 11.4 Å². The third-order valence-electron chi connectivity index (χ3n) is 2.50. The van der Waals surface area contributed by atoms with Crippen molar-refractivity contribution >= 4 is 11.4 Å². The molecular formula is C12H19FN2. The van der Waals surface area contributed by atoms with Gasteiger partial charge in [0.2, 0.25) is 0 Å². The van der Waals surface area contributed by atoms with Gasteiger partial charge in [-0.25, -0.2) is 4.39 Å². The molecule has 0 spiro atoms. The van der Waals surface area contributed by atoms with Crippen LogP contribution >= 0.6 is 0 Å². The Bertz CT molecular complexity index is 292. The first-order chi connectivity index (χ1) is 7.16. The van der Waals surface area contributed by atoms with Crippen LogP contribution in [-0.4, -0.2) is 13.6 Å². The lowest BCUT2D eigenvalue weighted by molar-refractivity contribution is 0.618. The molecule has 0 fully saturated rings. The molecule has 0 aliphatic rings. The summed E-state index contributed by atoms with van der Waals surface area (Å²) in [5.74, 6) is -0.242. The van der Waals surface area contributed by atoms with Crippen LogP contribution in [0.5, 0.6) is 0 Å². The van der Waals surface area contributed by atoms with Gasteiger partial charge in [-0.05, 0) is 18.6 Å². The Hall–Kier alpha value is -1.25. The van der Waals surface area contributed by atoms with Crippen molar-refractivity contribution in [3.05, 3.63) is 24.0 Å². The van der Waals surface area contributed by atoms with E-state index in [4.69, 9.17) is 5.73 Å². The van der Waals surface area contributed by atoms with Crippen molar-refractivity contribution in [2.75, 3.05) is 24.2 Å². The van der Waals surface area contributed by atoms with E-state index in [1.807, 2.05) is 11.9 Å². The highest BCUT2D eigenvalue weighted by Crippen LogP contribution is 2.25. The normalized spacial score (nSPS) is 10.3. The van der Waals surface area contributed by atoms with Crippen LogP contribution in [0.25, 0.3) is 0 Å². The minimum absolute atomic E-state index is 0.242. The van der Waals surface area contributed by atoms with Crippen LogP contribution in [0, 0.1) is 5.82 Å². The van der Waals surface area contributed by atoms with Crippen LogP contribution in [0.3, 0.4) is 0 Å². The minimum atomic E-state index is -0.242. The van der Waals surface area contributed by atoms with Crippen molar-refractivity contribution in [2.24, 2.45) is 0 Å². The minimum Gasteiger partial charge on any atom is -0.397 e. The second-order valence-electron chi connectivity index (χ2n) is 3.81. The lowest BCUT2D eigenvalue weighted by Gasteiger charge is -2.21. The van der Waals surface area contributed by atoms with Gasteiger partial charge in [-0.2, -0.15) is 0 Å². The summed E-state index contributed by atoms with van der Waals surface area (Å²) in [7, 11) is 1.88. The first-order valence-corrected chi connectivity index (χ1v) is 5.42. The van der Waals surface area contributed by atoms with Gasteiger partial charge in [-0.1, -0.05) is 25.8 Å². The molecule has 0 aliphatic heterocycles. The summed E-state index contributed by atoms with van der Waals surface area (Å²) in [4.78, 5) is 1.89. The Labute approximate surface area is 90.9 Å². The van der Waals surface area contributed by atoms with Gasteiger partial charge in [0.15, 0.2) is 0 Å². The van der Waals surface area contributed by atoms with E-state index in [-0.39, 0.29) is 5.82 Å². The van der Waals surface area contributed by atoms with Gasteiger partial charge >= 0.3 is 0 Å². The lowest BCUT2D eigenvalue weighted by Crippen LogP contribution is -2.21. The number of nitrogens with two attached hydrogens (primary N) is 1. The Morgan fingerprint density at radius 2 is 2.07 bits per heavy atom. The molecule has 1 aromatic carbocycles. The quantitative estimate of drug-likeness (QED) is 0.598. The lowest BCUT2D eigenvalue weighted by atomic mass is 10.2. The standard InChI is InChI=1S/C12H19FN2/c1-3-4-5-9-15(2)12-10(13)7-6-8-11(12)14/h6-8H,3-5,9,14H2,1-2H3. The van der Waals surface area contributed by atoms with Crippen LogP contribution < -0.4 is 10.6 Å². The average Bonchev–Trinajstić information content (AvgIpc) is 2.18. The number of rotatable bonds is 5. The van der Waals surface area contributed by atoms with Gasteiger partial charge in [0.1, 0.15) is 5.82 Å². The molecule has 0 bridgehead atoms. The number of hydrogen-bond acceptors (Lipinski definition) is 2. The zero-order valence-electron chi connectivity index (χ0n) is 9.46. The summed E-state index contributed by atoms with van der Waals surface area (Å²) < 4.78 is 13.5. The molecule has 0 radical (unpaired) electrons. The van der Waals surface area contributed by atoms with Crippen LogP contribution in [0.1, 0.15) is 26.2 Å². The number of para-hydroxylation sites is 1. The number of nitrogen functional groups attached to an aromatic ring is 1. The maximum Gasteiger partial charge on any atom is 0.148 e. The predicted octanol–water partition coefficient (Wildman–Crippen LogP) is 3.03. The number of benzene rings is 1. The zero-order valence-corrected chi connectivity index (χ0v) is 9.46. The summed E-state index contributed by atoms with van der Waals surface area (Å²) in [6, 6.07) is 4.81. The van der Waals surface area contributed by atoms with E-state index in [9.17, 15) is 4.39 Å². The first kappa shape index (κ1) is 11.8. The topological polar surface area (TPSA) is 29.3 Å². The Kier molecular flexibility index (Phi) is 4.40. The van der Waals surface area contributed by atoms with Crippen molar-refractivity contribution in [1.29, 1.82) is 0 Å². The number of halogens is 1. The molecule has 2 N–H and O–H groups in total. The molecule has 2 nitrogen and oxygen atoms in total. The van der Waals surface area contributed by atoms with E-state index in [1.165, 1.54) is 18.9 Å². The highest BCUT2D eigenvalue weighted by Gasteiger charge is 2.09. The molecule has 0 heterocycles. The predicted molar refractivity (Wildman–Crippen MR) is 63.6 cm³/mol. The van der Waals surface area contributed by atoms with Crippen molar-refractivity contribution in [3.63, 3.8) is 0 Å². The summed E-state index contributed by atoms with van der Waals surface area (Å²) in [6.07, 6.45) is 3.40. The van der Waals surface area contributed by atoms with Crippen LogP contribution in [0.2, 0.25) is 0 Å². The molecule has 0 unspecified atom stereocenters. The van der Waals surface area contributed by atoms with Gasteiger partial charge in [-0.15, -0.1) is 0 Å². The van der Waals surface area contributed by atoms with Crippen molar-refractivity contribution in [3.8, 4) is 0 Å². The van der Waals surface area contributed by atoms with E-state index >= 15 is 0 Å². The van der Waals surface area contributed by atoms with Crippen molar-refractivity contribution in [1.82, 2.24) is 0 Å². The molecule has 3 heteroatoms. The maximum absolute atomic E-state index is 13.5. The fourth-order valence-electron chi connectivity index (χ4n) is 1.65. The van der Waals surface area contributed by atoms with Crippen LogP contribution in [0.15, 0.2) is 18.2 Å². The van der Waals surface area contributed by atoms with Gasteiger partial charge in [0.25, 0.3) is 0 Å². The number of unbranched alkanes of at least 4 members (excludes halogenated alkanes) is 2. The fraction of sp³-hybridized carbons (Fsp3) is 0.500. The molecule has 0 aromatic heterocycles. The van der Waals surface area contributed by atoms with E-state index in [0.29, 0.717) is 11.4 Å². The molecule has 0 saturated heterocycles. The molecule has 1 aromatic rings. The number of hydrogen-bond donors (Lipinski definition) is 1. The molecule has 15 heavy (non-hydrogen) atoms. The molecular weight excluding hydrogens is 191 g/mol. The highest BCUT2D eigenvalue weighted by molar-refractivity contribution is 5.67. The smallest absolute Gasteiger partial charge is 0.148 e. The van der Waals surface area contributed by atoms with Gasteiger partial charge in [0, 0.05) is 13.6 Å². The molecule has 84 valence electrons. The Morgan fingerprint density at radius 1 is 1.33 bits per heavy atom. The molecule has 0 amide bonds. The fourth-order valence-corrected chi connectivity index (χ4v) is 1.65. The third kappa shape index (κ3) is 3.11. The van der Waals surface area contributed by atoms with Gasteiger partial charge < -0.3 is 10.6 Å². The van der Waals surface area contributed by atoms with Crippen LogP contribution in [-0.2, 0) is 0 Å². The van der Waals surface area contributed by atoms with E-state index < -0.39 is 0 Å². The number of anilines is 2. The summed E-state index contributed by atoms with van der Waals surface area (Å²) in [6.45, 7) is 3.00. The Morgan fingerprint density at radius 3 is 2.67 bits per heavy atom.